The van der Waals surface area contributed by atoms with Crippen LogP contribution in [0.25, 0.3) is 17.0 Å². The lowest BCUT2D eigenvalue weighted by atomic mass is 10.1. The van der Waals surface area contributed by atoms with Crippen LogP contribution in [-0.2, 0) is 6.54 Å². The molecule has 1 amide bonds. The van der Waals surface area contributed by atoms with Crippen molar-refractivity contribution in [1.29, 1.82) is 0 Å². The Balaban J connectivity index is 1.76. The quantitative estimate of drug-likeness (QED) is 0.613. The Kier molecular flexibility index (Phi) is 3.92. The molecule has 0 radical (unpaired) electrons. The molecule has 0 aliphatic heterocycles. The highest BCUT2D eigenvalue weighted by Crippen LogP contribution is 2.20. The normalized spacial score (nSPS) is 11.0. The Labute approximate surface area is 149 Å². The van der Waals surface area contributed by atoms with Crippen molar-refractivity contribution in [2.45, 2.75) is 20.4 Å². The Morgan fingerprint density at radius 2 is 2.04 bits per heavy atom. The lowest BCUT2D eigenvalue weighted by molar-refractivity contribution is 0.101. The summed E-state index contributed by atoms with van der Waals surface area (Å²) in [6.45, 7) is 4.58. The van der Waals surface area contributed by atoms with Crippen molar-refractivity contribution in [3.8, 4) is 11.3 Å². The van der Waals surface area contributed by atoms with Crippen molar-refractivity contribution in [2.24, 2.45) is 0 Å². The van der Waals surface area contributed by atoms with Gasteiger partial charge in [-0.3, -0.25) is 9.48 Å². The average Bonchev–Trinajstić information content (AvgIpc) is 3.28. The lowest BCUT2D eigenvalue weighted by Gasteiger charge is -2.08. The second kappa shape index (κ2) is 6.40. The van der Waals surface area contributed by atoms with Crippen molar-refractivity contribution in [3.05, 3.63) is 60.3 Å². The Morgan fingerprint density at radius 1 is 1.23 bits per heavy atom. The van der Waals surface area contributed by atoms with Gasteiger partial charge in [-0.15, -0.1) is 0 Å². The summed E-state index contributed by atoms with van der Waals surface area (Å²) in [7, 11) is 0. The fourth-order valence-corrected chi connectivity index (χ4v) is 2.72. The molecule has 8 nitrogen and oxygen atoms in total. The van der Waals surface area contributed by atoms with Crippen LogP contribution in [0.4, 0.5) is 5.69 Å². The Morgan fingerprint density at radius 3 is 2.77 bits per heavy atom. The van der Waals surface area contributed by atoms with E-state index in [9.17, 15) is 4.79 Å². The van der Waals surface area contributed by atoms with E-state index in [1.54, 1.807) is 10.7 Å². The molecular weight excluding hydrogens is 330 g/mol. The molecule has 3 aromatic heterocycles. The molecule has 4 aromatic rings. The number of hydrogen-bond donors (Lipinski definition) is 1. The molecule has 0 aliphatic rings. The maximum atomic E-state index is 12.9. The number of aryl methyl sites for hydroxylation is 2. The maximum absolute atomic E-state index is 12.9. The predicted octanol–water partition coefficient (Wildman–Crippen LogP) is 2.57. The zero-order valence-electron chi connectivity index (χ0n) is 14.4. The number of anilines is 1. The van der Waals surface area contributed by atoms with Crippen LogP contribution < -0.4 is 5.32 Å². The minimum Gasteiger partial charge on any atom is -0.318 e. The smallest absolute Gasteiger partial charge is 0.274 e. The molecule has 0 fully saturated rings. The summed E-state index contributed by atoms with van der Waals surface area (Å²) in [6.07, 6.45) is 3.19. The Bertz CT molecular complexity index is 1080. The lowest BCUT2D eigenvalue weighted by Crippen LogP contribution is -2.17. The predicted molar refractivity (Wildman–Crippen MR) is 96.8 cm³/mol. The van der Waals surface area contributed by atoms with Crippen molar-refractivity contribution < 1.29 is 4.79 Å². The third kappa shape index (κ3) is 2.81. The number of nitrogens with zero attached hydrogens (tertiary/aromatic N) is 6. The number of benzene rings is 1. The van der Waals surface area contributed by atoms with E-state index in [4.69, 9.17) is 0 Å². The largest absolute Gasteiger partial charge is 0.318 e. The maximum Gasteiger partial charge on any atom is 0.274 e. The molecule has 1 aromatic carbocycles. The number of amides is 1. The number of fused-ring (bicyclic) bond motifs is 1. The van der Waals surface area contributed by atoms with Gasteiger partial charge < -0.3 is 5.32 Å². The van der Waals surface area contributed by atoms with E-state index < -0.39 is 0 Å². The molecule has 0 saturated carbocycles. The Hall–Kier alpha value is -3.55. The number of nitrogens with one attached hydrogen (secondary N) is 1. The van der Waals surface area contributed by atoms with Gasteiger partial charge in [-0.2, -0.15) is 19.7 Å². The van der Waals surface area contributed by atoms with Gasteiger partial charge in [0.2, 0.25) is 0 Å². The molecule has 0 atom stereocenters. The van der Waals surface area contributed by atoms with E-state index in [0.717, 1.165) is 17.8 Å². The zero-order chi connectivity index (χ0) is 18.1. The zero-order valence-corrected chi connectivity index (χ0v) is 14.4. The highest BCUT2D eigenvalue weighted by atomic mass is 16.2. The first-order chi connectivity index (χ1) is 12.7. The van der Waals surface area contributed by atoms with Crippen LogP contribution in [0.15, 0.2) is 48.9 Å². The van der Waals surface area contributed by atoms with Gasteiger partial charge in [-0.25, -0.2) is 4.98 Å². The highest BCUT2D eigenvalue weighted by molar-refractivity contribution is 6.04. The number of carbonyl (C=O) groups excluding carboxylic acids is 1. The van der Waals surface area contributed by atoms with Gasteiger partial charge in [-0.05, 0) is 19.9 Å². The highest BCUT2D eigenvalue weighted by Gasteiger charge is 2.17. The van der Waals surface area contributed by atoms with Gasteiger partial charge in [0.15, 0.2) is 0 Å². The van der Waals surface area contributed by atoms with Crippen molar-refractivity contribution in [2.75, 3.05) is 5.32 Å². The first-order valence-electron chi connectivity index (χ1n) is 8.27. The van der Waals surface area contributed by atoms with Gasteiger partial charge in [0.05, 0.1) is 17.1 Å². The summed E-state index contributed by atoms with van der Waals surface area (Å²) in [5.74, 6) is 0.0799. The van der Waals surface area contributed by atoms with Crippen molar-refractivity contribution in [3.63, 3.8) is 0 Å². The van der Waals surface area contributed by atoms with Crippen LogP contribution in [0.2, 0.25) is 0 Å². The number of carbonyl (C=O) groups is 1. The van der Waals surface area contributed by atoms with Crippen LogP contribution in [-0.4, -0.2) is 35.3 Å². The van der Waals surface area contributed by atoms with Crippen LogP contribution >= 0.6 is 0 Å². The van der Waals surface area contributed by atoms with Crippen LogP contribution in [0.1, 0.15) is 23.1 Å². The minimum atomic E-state index is -0.293. The molecule has 1 N–H and O–H groups in total. The van der Waals surface area contributed by atoms with Gasteiger partial charge in [0.1, 0.15) is 12.0 Å². The third-order valence-corrected chi connectivity index (χ3v) is 4.07. The summed E-state index contributed by atoms with van der Waals surface area (Å²) in [5, 5.41) is 11.4. The molecule has 8 heteroatoms. The van der Waals surface area contributed by atoms with E-state index >= 15 is 0 Å². The third-order valence-electron chi connectivity index (χ3n) is 4.07. The first kappa shape index (κ1) is 15.9. The first-order valence-corrected chi connectivity index (χ1v) is 8.27. The SMILES string of the molecule is CCn1cc(NC(=O)c2cc(-c3ccccc3)nc3ncnn23)c(C)n1. The van der Waals surface area contributed by atoms with Crippen molar-refractivity contribution >= 4 is 17.4 Å². The van der Waals surface area contributed by atoms with Crippen LogP contribution in [0.5, 0.6) is 0 Å². The monoisotopic (exact) mass is 347 g/mol. The fourth-order valence-electron chi connectivity index (χ4n) is 2.72. The second-order valence-electron chi connectivity index (χ2n) is 5.80. The van der Waals surface area contributed by atoms with E-state index in [0.29, 0.717) is 22.9 Å². The van der Waals surface area contributed by atoms with E-state index in [-0.39, 0.29) is 5.91 Å². The topological polar surface area (TPSA) is 90.0 Å². The average molecular weight is 347 g/mol. The molecule has 3 heterocycles. The van der Waals surface area contributed by atoms with Gasteiger partial charge in [0.25, 0.3) is 11.7 Å². The second-order valence-corrected chi connectivity index (χ2v) is 5.80. The number of hydrogen-bond acceptors (Lipinski definition) is 5. The minimum absolute atomic E-state index is 0.293. The molecule has 0 bridgehead atoms. The summed E-state index contributed by atoms with van der Waals surface area (Å²) in [5.41, 5.74) is 3.35. The molecule has 0 saturated heterocycles. The van der Waals surface area contributed by atoms with E-state index in [1.165, 1.54) is 10.8 Å². The molecule has 4 rings (SSSR count). The van der Waals surface area contributed by atoms with Crippen LogP contribution in [0.3, 0.4) is 0 Å². The standard InChI is InChI=1S/C18H17N7O/c1-3-24-10-15(12(2)23-24)21-17(26)16-9-14(13-7-5-4-6-8-13)22-18-19-11-20-25(16)18/h4-11H,3H2,1-2H3,(H,21,26). The van der Waals surface area contributed by atoms with E-state index in [1.807, 2.05) is 50.4 Å². The van der Waals surface area contributed by atoms with Gasteiger partial charge >= 0.3 is 0 Å². The summed E-state index contributed by atoms with van der Waals surface area (Å²) < 4.78 is 3.21. The van der Waals surface area contributed by atoms with Crippen LogP contribution in [0, 0.1) is 6.92 Å². The summed E-state index contributed by atoms with van der Waals surface area (Å²) in [6, 6.07) is 11.4. The molecule has 0 spiro atoms. The molecule has 0 aliphatic carbocycles. The molecule has 26 heavy (non-hydrogen) atoms. The van der Waals surface area contributed by atoms with E-state index in [2.05, 4.69) is 25.5 Å². The number of aromatic nitrogens is 6. The summed E-state index contributed by atoms with van der Waals surface area (Å²) in [4.78, 5) is 21.5. The fraction of sp³-hybridized carbons (Fsp3) is 0.167. The molecular formula is C18H17N7O. The number of rotatable bonds is 4. The molecule has 130 valence electrons. The van der Waals surface area contributed by atoms with Gasteiger partial charge in [0, 0.05) is 18.3 Å². The summed E-state index contributed by atoms with van der Waals surface area (Å²) >= 11 is 0. The molecule has 0 unspecified atom stereocenters. The van der Waals surface area contributed by atoms with Crippen molar-refractivity contribution in [1.82, 2.24) is 29.4 Å². The van der Waals surface area contributed by atoms with Gasteiger partial charge in [-0.1, -0.05) is 30.3 Å².